The monoisotopic (exact) mass is 194 g/mol. The van der Waals surface area contributed by atoms with E-state index in [1.165, 1.54) is 24.3 Å². The fourth-order valence-electron chi connectivity index (χ4n) is 0.532. The van der Waals surface area contributed by atoms with Gasteiger partial charge < -0.3 is 10.2 Å². The predicted molar refractivity (Wildman–Crippen MR) is 51.8 cm³/mol. The van der Waals surface area contributed by atoms with Crippen LogP contribution in [0.5, 0.6) is 0 Å². The minimum atomic E-state index is -1.01. The van der Waals surface area contributed by atoms with E-state index in [0.717, 1.165) is 12.2 Å². The van der Waals surface area contributed by atoms with Gasteiger partial charge in [-0.1, -0.05) is 36.5 Å². The highest BCUT2D eigenvalue weighted by Crippen LogP contribution is 1.82. The Balaban J connectivity index is 3.82. The molecule has 0 atom stereocenters. The molecule has 0 rings (SSSR count). The third-order valence-electron chi connectivity index (χ3n) is 1.03. The first-order chi connectivity index (χ1) is 6.63. The second-order valence-electron chi connectivity index (χ2n) is 2.16. The lowest BCUT2D eigenvalue weighted by Gasteiger charge is -1.75. The Morgan fingerprint density at radius 1 is 0.643 bits per heavy atom. The Morgan fingerprint density at radius 2 is 0.929 bits per heavy atom. The lowest BCUT2D eigenvalue weighted by molar-refractivity contribution is -0.132. The maximum atomic E-state index is 9.99. The van der Waals surface area contributed by atoms with Crippen molar-refractivity contribution in [1.82, 2.24) is 0 Å². The van der Waals surface area contributed by atoms with Gasteiger partial charge in [-0.3, -0.25) is 0 Å². The molecule has 0 fully saturated rings. The highest BCUT2D eigenvalue weighted by molar-refractivity contribution is 5.80. The summed E-state index contributed by atoms with van der Waals surface area (Å²) in [5.41, 5.74) is 0. The molecule has 0 aliphatic rings. The van der Waals surface area contributed by atoms with Crippen molar-refractivity contribution in [3.63, 3.8) is 0 Å². The number of carboxylic acids is 2. The number of aliphatic carboxylic acids is 2. The van der Waals surface area contributed by atoms with Gasteiger partial charge in [0.2, 0.25) is 0 Å². The first-order valence-electron chi connectivity index (χ1n) is 3.77. The maximum absolute atomic E-state index is 9.99. The molecule has 0 spiro atoms. The predicted octanol–water partition coefficient (Wildman–Crippen LogP) is 1.38. The second-order valence-corrected chi connectivity index (χ2v) is 2.16. The molecule has 0 heterocycles. The summed E-state index contributed by atoms with van der Waals surface area (Å²) >= 11 is 0. The van der Waals surface area contributed by atoms with Crippen molar-refractivity contribution in [2.24, 2.45) is 0 Å². The molecule has 0 aromatic rings. The van der Waals surface area contributed by atoms with Gasteiger partial charge in [0.15, 0.2) is 0 Å². The summed E-state index contributed by atoms with van der Waals surface area (Å²) in [5, 5.41) is 16.4. The van der Waals surface area contributed by atoms with Gasteiger partial charge in [0.1, 0.15) is 0 Å². The van der Waals surface area contributed by atoms with Gasteiger partial charge in [-0.2, -0.15) is 0 Å². The summed E-state index contributed by atoms with van der Waals surface area (Å²) in [5.74, 6) is -2.02. The summed E-state index contributed by atoms with van der Waals surface area (Å²) in [6.45, 7) is 0. The van der Waals surface area contributed by atoms with Crippen LogP contribution in [0.4, 0.5) is 0 Å². The maximum Gasteiger partial charge on any atom is 0.328 e. The van der Waals surface area contributed by atoms with Gasteiger partial charge in [0.25, 0.3) is 0 Å². The molecule has 0 aliphatic carbocycles. The Kier molecular flexibility index (Phi) is 6.41. The molecule has 0 unspecified atom stereocenters. The van der Waals surface area contributed by atoms with Gasteiger partial charge >= 0.3 is 11.9 Å². The van der Waals surface area contributed by atoms with Crippen molar-refractivity contribution in [3.05, 3.63) is 48.6 Å². The normalized spacial score (nSPS) is 12.3. The van der Waals surface area contributed by atoms with Gasteiger partial charge in [0, 0.05) is 12.2 Å². The van der Waals surface area contributed by atoms with E-state index < -0.39 is 11.9 Å². The molecular weight excluding hydrogens is 184 g/mol. The van der Waals surface area contributed by atoms with E-state index in [0.29, 0.717) is 0 Å². The average Bonchev–Trinajstić information content (AvgIpc) is 2.08. The molecule has 0 saturated carbocycles. The van der Waals surface area contributed by atoms with Crippen LogP contribution in [0.25, 0.3) is 0 Å². The Bertz CT molecular complexity index is 276. The van der Waals surface area contributed by atoms with E-state index in [1.54, 1.807) is 12.2 Å². The zero-order valence-corrected chi connectivity index (χ0v) is 7.33. The van der Waals surface area contributed by atoms with E-state index in [4.69, 9.17) is 10.2 Å². The lowest BCUT2D eigenvalue weighted by atomic mass is 10.4. The topological polar surface area (TPSA) is 74.6 Å². The second kappa shape index (κ2) is 7.54. The Labute approximate surface area is 81.2 Å². The SMILES string of the molecule is O=C(O)\C=C/C=C\C=C/C=C/C(=O)O. The van der Waals surface area contributed by atoms with Crippen molar-refractivity contribution in [3.8, 4) is 0 Å². The summed E-state index contributed by atoms with van der Waals surface area (Å²) in [6.07, 6.45) is 11.0. The lowest BCUT2D eigenvalue weighted by Crippen LogP contribution is -1.84. The molecule has 4 nitrogen and oxygen atoms in total. The molecule has 0 aromatic heterocycles. The molecule has 0 radical (unpaired) electrons. The molecule has 0 saturated heterocycles. The summed E-state index contributed by atoms with van der Waals surface area (Å²) < 4.78 is 0. The molecule has 0 aromatic carbocycles. The fourth-order valence-corrected chi connectivity index (χ4v) is 0.532. The standard InChI is InChI=1S/C10H10O4/c11-9(12)7-5-3-1-2-4-6-8-10(13)14/h1-8H,(H,11,12)(H,13,14)/b3-1-,4-2-,7-5-,8-6+. The first-order valence-corrected chi connectivity index (χ1v) is 3.77. The van der Waals surface area contributed by atoms with Crippen LogP contribution in [-0.2, 0) is 9.59 Å². The number of allylic oxidation sites excluding steroid dienone is 6. The van der Waals surface area contributed by atoms with Gasteiger partial charge in [-0.15, -0.1) is 0 Å². The third kappa shape index (κ3) is 9.90. The number of carboxylic acid groups (broad SMARTS) is 2. The van der Waals surface area contributed by atoms with Crippen LogP contribution in [0.2, 0.25) is 0 Å². The summed E-state index contributed by atoms with van der Waals surface area (Å²) in [7, 11) is 0. The minimum Gasteiger partial charge on any atom is -0.478 e. The highest BCUT2D eigenvalue weighted by Gasteiger charge is 1.80. The van der Waals surface area contributed by atoms with Crippen LogP contribution in [0, 0.1) is 0 Å². The number of carbonyl (C=O) groups is 2. The molecule has 2 N–H and O–H groups in total. The first kappa shape index (κ1) is 11.9. The molecule has 0 amide bonds. The quantitative estimate of drug-likeness (QED) is 0.512. The summed E-state index contributed by atoms with van der Waals surface area (Å²) in [6, 6.07) is 0. The molecule has 4 heteroatoms. The number of hydrogen-bond donors (Lipinski definition) is 2. The largest absolute Gasteiger partial charge is 0.478 e. The van der Waals surface area contributed by atoms with Gasteiger partial charge in [-0.25, -0.2) is 9.59 Å². The Hall–Kier alpha value is -2.10. The third-order valence-corrected chi connectivity index (χ3v) is 1.03. The van der Waals surface area contributed by atoms with Crippen LogP contribution in [0.15, 0.2) is 48.6 Å². The van der Waals surface area contributed by atoms with Crippen molar-refractivity contribution in [2.45, 2.75) is 0 Å². The minimum absolute atomic E-state index is 0.997. The zero-order chi connectivity index (χ0) is 10.8. The zero-order valence-electron chi connectivity index (χ0n) is 7.33. The Morgan fingerprint density at radius 3 is 1.21 bits per heavy atom. The van der Waals surface area contributed by atoms with E-state index in [-0.39, 0.29) is 0 Å². The van der Waals surface area contributed by atoms with Crippen LogP contribution < -0.4 is 0 Å². The van der Waals surface area contributed by atoms with Crippen molar-refractivity contribution in [1.29, 1.82) is 0 Å². The van der Waals surface area contributed by atoms with Crippen molar-refractivity contribution in [2.75, 3.05) is 0 Å². The van der Waals surface area contributed by atoms with Crippen molar-refractivity contribution < 1.29 is 19.8 Å². The molecule has 14 heavy (non-hydrogen) atoms. The van der Waals surface area contributed by atoms with E-state index in [1.807, 2.05) is 0 Å². The average molecular weight is 194 g/mol. The fraction of sp³-hybridized carbons (Fsp3) is 0. The molecule has 0 bridgehead atoms. The van der Waals surface area contributed by atoms with Crippen LogP contribution in [-0.4, -0.2) is 22.2 Å². The molecule has 74 valence electrons. The van der Waals surface area contributed by atoms with Crippen LogP contribution in [0.3, 0.4) is 0 Å². The highest BCUT2D eigenvalue weighted by atomic mass is 16.4. The smallest absolute Gasteiger partial charge is 0.328 e. The van der Waals surface area contributed by atoms with Gasteiger partial charge in [0.05, 0.1) is 0 Å². The molecule has 0 aliphatic heterocycles. The van der Waals surface area contributed by atoms with Crippen molar-refractivity contribution >= 4 is 11.9 Å². The van der Waals surface area contributed by atoms with E-state index in [2.05, 4.69) is 0 Å². The van der Waals surface area contributed by atoms with E-state index in [9.17, 15) is 9.59 Å². The summed E-state index contributed by atoms with van der Waals surface area (Å²) in [4.78, 5) is 20.0. The van der Waals surface area contributed by atoms with Crippen LogP contribution in [0.1, 0.15) is 0 Å². The molecular formula is C10H10O4. The van der Waals surface area contributed by atoms with Crippen LogP contribution >= 0.6 is 0 Å². The van der Waals surface area contributed by atoms with E-state index >= 15 is 0 Å². The number of hydrogen-bond acceptors (Lipinski definition) is 2. The van der Waals surface area contributed by atoms with Gasteiger partial charge in [-0.05, 0) is 0 Å². The number of rotatable bonds is 5.